The van der Waals surface area contributed by atoms with Gasteiger partial charge in [0.05, 0.1) is 23.1 Å². The number of aromatic hydroxyl groups is 1. The predicted octanol–water partition coefficient (Wildman–Crippen LogP) is 4.12. The van der Waals surface area contributed by atoms with Crippen molar-refractivity contribution in [3.05, 3.63) is 57.6 Å². The number of rotatable bonds is 5. The topological polar surface area (TPSA) is 66.8 Å². The van der Waals surface area contributed by atoms with Gasteiger partial charge in [-0.1, -0.05) is 41.4 Å². The first kappa shape index (κ1) is 16.5. The number of para-hydroxylation sites is 1. The first-order valence-electron chi connectivity index (χ1n) is 6.46. The first-order chi connectivity index (χ1) is 10.4. The van der Waals surface area contributed by atoms with Crippen LogP contribution in [-0.4, -0.2) is 23.3 Å². The zero-order valence-electron chi connectivity index (χ0n) is 11.7. The summed E-state index contributed by atoms with van der Waals surface area (Å²) in [5.41, 5.74) is 1.00. The van der Waals surface area contributed by atoms with Gasteiger partial charge in [-0.15, -0.1) is 0 Å². The smallest absolute Gasteiger partial charge is 0.311 e. The molecular formula is C16H14Cl2O4. The van der Waals surface area contributed by atoms with Crippen LogP contribution in [0.1, 0.15) is 17.0 Å². The fraction of sp³-hybridized carbons (Fsp3) is 0.188. The summed E-state index contributed by atoms with van der Waals surface area (Å²) in [5.74, 6) is -1.62. The quantitative estimate of drug-likeness (QED) is 0.859. The van der Waals surface area contributed by atoms with E-state index in [0.29, 0.717) is 26.9 Å². The summed E-state index contributed by atoms with van der Waals surface area (Å²) in [6.07, 6.45) is 0.107. The van der Waals surface area contributed by atoms with E-state index in [1.165, 1.54) is 13.2 Å². The average molecular weight is 341 g/mol. The molecule has 0 aliphatic rings. The van der Waals surface area contributed by atoms with Crippen LogP contribution in [0, 0.1) is 0 Å². The molecule has 4 nitrogen and oxygen atoms in total. The molecule has 0 spiro atoms. The fourth-order valence-electron chi connectivity index (χ4n) is 2.19. The molecule has 2 N–H and O–H groups in total. The van der Waals surface area contributed by atoms with Crippen LogP contribution < -0.4 is 4.74 Å². The van der Waals surface area contributed by atoms with Crippen molar-refractivity contribution in [2.45, 2.75) is 12.3 Å². The lowest BCUT2D eigenvalue weighted by Crippen LogP contribution is -2.14. The van der Waals surface area contributed by atoms with Crippen LogP contribution in [0.2, 0.25) is 10.0 Å². The van der Waals surface area contributed by atoms with E-state index in [-0.39, 0.29) is 12.2 Å². The summed E-state index contributed by atoms with van der Waals surface area (Å²) >= 11 is 11.8. The molecule has 0 fully saturated rings. The number of carboxylic acid groups (broad SMARTS) is 1. The van der Waals surface area contributed by atoms with E-state index in [1.54, 1.807) is 30.3 Å². The molecule has 0 aromatic heterocycles. The van der Waals surface area contributed by atoms with Gasteiger partial charge in [0.15, 0.2) is 11.5 Å². The van der Waals surface area contributed by atoms with Crippen molar-refractivity contribution in [2.24, 2.45) is 0 Å². The zero-order chi connectivity index (χ0) is 16.3. The lowest BCUT2D eigenvalue weighted by molar-refractivity contribution is -0.138. The molecule has 1 unspecified atom stereocenters. The second-order valence-electron chi connectivity index (χ2n) is 4.74. The third-order valence-electron chi connectivity index (χ3n) is 3.37. The molecule has 116 valence electrons. The number of carboxylic acids is 1. The van der Waals surface area contributed by atoms with Gasteiger partial charge >= 0.3 is 5.97 Å². The van der Waals surface area contributed by atoms with Gasteiger partial charge in [0.25, 0.3) is 0 Å². The van der Waals surface area contributed by atoms with E-state index in [2.05, 4.69) is 0 Å². The Morgan fingerprint density at radius 3 is 2.55 bits per heavy atom. The summed E-state index contributed by atoms with van der Waals surface area (Å²) in [7, 11) is 1.44. The highest BCUT2D eigenvalue weighted by Gasteiger charge is 2.23. The second kappa shape index (κ2) is 6.90. The molecule has 0 heterocycles. The lowest BCUT2D eigenvalue weighted by atomic mass is 9.91. The number of benzene rings is 2. The van der Waals surface area contributed by atoms with Gasteiger partial charge in [0.2, 0.25) is 0 Å². The Labute approximate surface area is 137 Å². The van der Waals surface area contributed by atoms with Crippen molar-refractivity contribution >= 4 is 29.2 Å². The highest BCUT2D eigenvalue weighted by Crippen LogP contribution is 2.34. The van der Waals surface area contributed by atoms with Crippen LogP contribution >= 0.6 is 23.2 Å². The normalized spacial score (nSPS) is 12.0. The minimum Gasteiger partial charge on any atom is -0.504 e. The SMILES string of the molecule is COc1cccc(CC(C(=O)O)c2ccc(Cl)c(Cl)c2)c1O. The van der Waals surface area contributed by atoms with Gasteiger partial charge in [0.1, 0.15) is 0 Å². The lowest BCUT2D eigenvalue weighted by Gasteiger charge is -2.15. The number of hydrogen-bond acceptors (Lipinski definition) is 3. The van der Waals surface area contributed by atoms with Gasteiger partial charge in [-0.2, -0.15) is 0 Å². The Kier molecular flexibility index (Phi) is 5.16. The van der Waals surface area contributed by atoms with Crippen molar-refractivity contribution in [2.75, 3.05) is 7.11 Å². The standard InChI is InChI=1S/C16H14Cl2O4/c1-22-14-4-2-3-10(15(14)19)7-11(16(20)21)9-5-6-12(17)13(18)8-9/h2-6,8,11,19H,7H2,1H3,(H,20,21). The number of carbonyl (C=O) groups is 1. The third-order valence-corrected chi connectivity index (χ3v) is 4.11. The Bertz CT molecular complexity index is 701. The average Bonchev–Trinajstić information content (AvgIpc) is 2.49. The molecule has 2 aromatic carbocycles. The number of halogens is 2. The molecule has 0 saturated carbocycles. The van der Waals surface area contributed by atoms with Crippen molar-refractivity contribution in [1.82, 2.24) is 0 Å². The molecule has 0 radical (unpaired) electrons. The summed E-state index contributed by atoms with van der Waals surface area (Å²) < 4.78 is 5.03. The van der Waals surface area contributed by atoms with Crippen molar-refractivity contribution in [3.8, 4) is 11.5 Å². The van der Waals surface area contributed by atoms with E-state index in [1.807, 2.05) is 0 Å². The van der Waals surface area contributed by atoms with Crippen molar-refractivity contribution < 1.29 is 19.7 Å². The molecule has 22 heavy (non-hydrogen) atoms. The van der Waals surface area contributed by atoms with Gasteiger partial charge in [-0.3, -0.25) is 4.79 Å². The fourth-order valence-corrected chi connectivity index (χ4v) is 2.50. The summed E-state index contributed by atoms with van der Waals surface area (Å²) in [6.45, 7) is 0. The highest BCUT2D eigenvalue weighted by atomic mass is 35.5. The van der Waals surface area contributed by atoms with Crippen molar-refractivity contribution in [1.29, 1.82) is 0 Å². The number of aliphatic carboxylic acids is 1. The zero-order valence-corrected chi connectivity index (χ0v) is 13.2. The molecule has 0 bridgehead atoms. The molecule has 2 rings (SSSR count). The van der Waals surface area contributed by atoms with E-state index in [0.717, 1.165) is 0 Å². The number of hydrogen-bond donors (Lipinski definition) is 2. The Morgan fingerprint density at radius 2 is 1.95 bits per heavy atom. The molecule has 0 aliphatic heterocycles. The molecule has 6 heteroatoms. The minimum absolute atomic E-state index is 0.0590. The maximum atomic E-state index is 11.6. The van der Waals surface area contributed by atoms with E-state index in [4.69, 9.17) is 27.9 Å². The predicted molar refractivity (Wildman–Crippen MR) is 85.2 cm³/mol. The second-order valence-corrected chi connectivity index (χ2v) is 5.55. The van der Waals surface area contributed by atoms with E-state index < -0.39 is 11.9 Å². The Balaban J connectivity index is 2.38. The first-order valence-corrected chi connectivity index (χ1v) is 7.22. The maximum Gasteiger partial charge on any atom is 0.311 e. The molecular weight excluding hydrogens is 327 g/mol. The molecule has 2 aromatic rings. The largest absolute Gasteiger partial charge is 0.504 e. The summed E-state index contributed by atoms with van der Waals surface area (Å²) in [4.78, 5) is 11.6. The number of phenolic OH excluding ortho intramolecular Hbond substituents is 1. The minimum atomic E-state index is -1.01. The third kappa shape index (κ3) is 3.46. The van der Waals surface area contributed by atoms with Crippen LogP contribution in [-0.2, 0) is 11.2 Å². The molecule has 0 saturated heterocycles. The summed E-state index contributed by atoms with van der Waals surface area (Å²) in [5, 5.41) is 20.2. The van der Waals surface area contributed by atoms with Crippen molar-refractivity contribution in [3.63, 3.8) is 0 Å². The van der Waals surface area contributed by atoms with Crippen LogP contribution in [0.15, 0.2) is 36.4 Å². The monoisotopic (exact) mass is 340 g/mol. The Hall–Kier alpha value is -1.91. The van der Waals surface area contributed by atoms with E-state index >= 15 is 0 Å². The number of ether oxygens (including phenoxy) is 1. The maximum absolute atomic E-state index is 11.6. The Morgan fingerprint density at radius 1 is 1.23 bits per heavy atom. The van der Waals surface area contributed by atoms with Crippen LogP contribution in [0.5, 0.6) is 11.5 Å². The molecule has 1 atom stereocenters. The van der Waals surface area contributed by atoms with Crippen LogP contribution in [0.3, 0.4) is 0 Å². The van der Waals surface area contributed by atoms with Gasteiger partial charge in [-0.05, 0) is 35.7 Å². The molecule has 0 amide bonds. The number of phenols is 1. The van der Waals surface area contributed by atoms with Crippen LogP contribution in [0.4, 0.5) is 0 Å². The van der Waals surface area contributed by atoms with Gasteiger partial charge < -0.3 is 14.9 Å². The van der Waals surface area contributed by atoms with E-state index in [9.17, 15) is 15.0 Å². The van der Waals surface area contributed by atoms with Crippen LogP contribution in [0.25, 0.3) is 0 Å². The summed E-state index contributed by atoms with van der Waals surface area (Å²) in [6, 6.07) is 9.66. The molecule has 0 aliphatic carbocycles. The highest BCUT2D eigenvalue weighted by molar-refractivity contribution is 6.42. The van der Waals surface area contributed by atoms with Gasteiger partial charge in [-0.25, -0.2) is 0 Å². The van der Waals surface area contributed by atoms with Gasteiger partial charge in [0, 0.05) is 0 Å². The number of methoxy groups -OCH3 is 1.